The highest BCUT2D eigenvalue weighted by Gasteiger charge is 2.34. The van der Waals surface area contributed by atoms with Gasteiger partial charge in [-0.1, -0.05) is 32.0 Å². The third-order valence-corrected chi connectivity index (χ3v) is 6.17. The third-order valence-electron chi connectivity index (χ3n) is 5.27. The maximum atomic E-state index is 12.9. The van der Waals surface area contributed by atoms with Crippen molar-refractivity contribution in [1.82, 2.24) is 4.90 Å². The largest absolute Gasteiger partial charge is 0.493 e. The summed E-state index contributed by atoms with van der Waals surface area (Å²) in [4.78, 5) is 27.0. The lowest BCUT2D eigenvalue weighted by Crippen LogP contribution is -2.32. The molecule has 7 nitrogen and oxygen atoms in total. The van der Waals surface area contributed by atoms with Gasteiger partial charge < -0.3 is 18.9 Å². The van der Waals surface area contributed by atoms with Gasteiger partial charge in [-0.25, -0.2) is 0 Å². The molecule has 1 heterocycles. The normalized spacial score (nSPS) is 14.9. The first-order valence-electron chi connectivity index (χ1n) is 11.1. The number of carbonyl (C=O) groups is 2. The van der Waals surface area contributed by atoms with E-state index in [2.05, 4.69) is 26.0 Å². The Morgan fingerprint density at radius 1 is 0.941 bits per heavy atom. The predicted octanol–water partition coefficient (Wildman–Crippen LogP) is 5.27. The summed E-state index contributed by atoms with van der Waals surface area (Å²) >= 11 is 0.922. The summed E-state index contributed by atoms with van der Waals surface area (Å²) in [6.07, 6.45) is 1.69. The van der Waals surface area contributed by atoms with Gasteiger partial charge in [0.05, 0.1) is 25.2 Å². The van der Waals surface area contributed by atoms with Gasteiger partial charge in [0.1, 0.15) is 19.0 Å². The first-order valence-corrected chi connectivity index (χ1v) is 11.9. The van der Waals surface area contributed by atoms with Crippen molar-refractivity contribution in [1.29, 1.82) is 0 Å². The van der Waals surface area contributed by atoms with Crippen LogP contribution < -0.4 is 14.2 Å². The van der Waals surface area contributed by atoms with Crippen LogP contribution in [0.25, 0.3) is 6.08 Å². The van der Waals surface area contributed by atoms with Crippen molar-refractivity contribution < 1.29 is 28.5 Å². The van der Waals surface area contributed by atoms with Crippen LogP contribution in [0.3, 0.4) is 0 Å². The van der Waals surface area contributed by atoms with E-state index in [1.54, 1.807) is 32.4 Å². The zero-order valence-electron chi connectivity index (χ0n) is 20.3. The predicted molar refractivity (Wildman–Crippen MR) is 134 cm³/mol. The molecule has 2 aromatic rings. The Bertz CT molecular complexity index is 1070. The molecule has 8 heteroatoms. The maximum Gasteiger partial charge on any atom is 0.293 e. The van der Waals surface area contributed by atoms with Gasteiger partial charge in [-0.05, 0) is 65.6 Å². The van der Waals surface area contributed by atoms with Gasteiger partial charge in [0.25, 0.3) is 11.1 Å². The molecular weight excluding hydrogens is 454 g/mol. The summed E-state index contributed by atoms with van der Waals surface area (Å²) in [6, 6.07) is 11.4. The smallest absolute Gasteiger partial charge is 0.293 e. The van der Waals surface area contributed by atoms with Crippen molar-refractivity contribution >= 4 is 29.0 Å². The minimum absolute atomic E-state index is 0.184. The fourth-order valence-electron chi connectivity index (χ4n) is 3.46. The van der Waals surface area contributed by atoms with Crippen LogP contribution in [0.1, 0.15) is 36.5 Å². The zero-order chi connectivity index (χ0) is 24.7. The van der Waals surface area contributed by atoms with Gasteiger partial charge in [-0.2, -0.15) is 0 Å². The molecule has 182 valence electrons. The first-order chi connectivity index (χ1) is 16.3. The van der Waals surface area contributed by atoms with Crippen molar-refractivity contribution in [2.45, 2.75) is 26.7 Å². The fourth-order valence-corrected chi connectivity index (χ4v) is 4.33. The standard InChI is InChI=1S/C26H31NO6S/c1-17(2)20-8-6-18(3)14-22(20)32-11-10-27-25(28)24(34-26(27)29)16-19-7-9-21(23(15-19)31-5)33-13-12-30-4/h6-9,14-17H,10-13H2,1-5H3/b24-16-. The molecule has 0 aliphatic carbocycles. The number of amides is 2. The number of carbonyl (C=O) groups excluding carboxylic acids is 2. The van der Waals surface area contributed by atoms with Crippen LogP contribution in [0.2, 0.25) is 0 Å². The molecule has 0 radical (unpaired) electrons. The molecule has 1 saturated heterocycles. The van der Waals surface area contributed by atoms with Crippen molar-refractivity contribution in [3.8, 4) is 17.2 Å². The van der Waals surface area contributed by atoms with Crippen molar-refractivity contribution in [3.05, 3.63) is 58.0 Å². The maximum absolute atomic E-state index is 12.9. The molecule has 0 spiro atoms. The molecule has 0 aromatic heterocycles. The van der Waals surface area contributed by atoms with E-state index in [0.717, 1.165) is 34.2 Å². The number of rotatable bonds is 11. The lowest BCUT2D eigenvalue weighted by atomic mass is 10.0. The second kappa shape index (κ2) is 11.9. The molecule has 1 aliphatic heterocycles. The Labute approximate surface area is 205 Å². The van der Waals surface area contributed by atoms with E-state index < -0.39 is 0 Å². The Kier molecular flexibility index (Phi) is 9.01. The highest BCUT2D eigenvalue weighted by molar-refractivity contribution is 8.18. The SMILES string of the molecule is COCCOc1ccc(/C=C2\SC(=O)N(CCOc3cc(C)ccc3C(C)C)C2=O)cc1OC. The Balaban J connectivity index is 1.66. The molecule has 0 N–H and O–H groups in total. The quantitative estimate of drug-likeness (QED) is 0.317. The first kappa shape index (κ1) is 25.6. The van der Waals surface area contributed by atoms with Gasteiger partial charge in [-0.15, -0.1) is 0 Å². The number of ether oxygens (including phenoxy) is 4. The average molecular weight is 486 g/mol. The molecule has 34 heavy (non-hydrogen) atoms. The van der Waals surface area contributed by atoms with Gasteiger partial charge in [0, 0.05) is 7.11 Å². The van der Waals surface area contributed by atoms with Gasteiger partial charge in [0.15, 0.2) is 11.5 Å². The summed E-state index contributed by atoms with van der Waals surface area (Å²) in [6.45, 7) is 7.49. The number of hydrogen-bond donors (Lipinski definition) is 0. The Hall–Kier alpha value is -2.97. The summed E-state index contributed by atoms with van der Waals surface area (Å²) < 4.78 is 22.0. The van der Waals surface area contributed by atoms with Gasteiger partial charge in [-0.3, -0.25) is 14.5 Å². The summed E-state index contributed by atoms with van der Waals surface area (Å²) in [7, 11) is 3.16. The highest BCUT2D eigenvalue weighted by Crippen LogP contribution is 2.35. The second-order valence-corrected chi connectivity index (χ2v) is 9.12. The number of benzene rings is 2. The molecule has 2 amide bonds. The zero-order valence-corrected chi connectivity index (χ0v) is 21.1. The van der Waals surface area contributed by atoms with Crippen molar-refractivity contribution in [3.63, 3.8) is 0 Å². The number of imide groups is 1. The molecule has 3 rings (SSSR count). The molecule has 0 bridgehead atoms. The third kappa shape index (κ3) is 6.33. The van der Waals surface area contributed by atoms with Crippen LogP contribution in [0.5, 0.6) is 17.2 Å². The summed E-state index contributed by atoms with van der Waals surface area (Å²) in [5, 5.41) is -0.306. The van der Waals surface area contributed by atoms with E-state index in [4.69, 9.17) is 18.9 Å². The second-order valence-electron chi connectivity index (χ2n) is 8.13. The molecule has 2 aromatic carbocycles. The summed E-state index contributed by atoms with van der Waals surface area (Å²) in [5.74, 6) is 1.89. The molecule has 0 unspecified atom stereocenters. The van der Waals surface area contributed by atoms with Crippen LogP contribution in [0.4, 0.5) is 4.79 Å². The molecular formula is C26H31NO6S. The lowest BCUT2D eigenvalue weighted by molar-refractivity contribution is -0.123. The Morgan fingerprint density at radius 2 is 1.71 bits per heavy atom. The van der Waals surface area contributed by atoms with Crippen LogP contribution in [0, 0.1) is 6.92 Å². The minimum atomic E-state index is -0.327. The highest BCUT2D eigenvalue weighted by atomic mass is 32.2. The van der Waals surface area contributed by atoms with Crippen molar-refractivity contribution in [2.75, 3.05) is 40.6 Å². The van der Waals surface area contributed by atoms with E-state index in [0.29, 0.717) is 35.5 Å². The van der Waals surface area contributed by atoms with Gasteiger partial charge in [0.2, 0.25) is 0 Å². The Morgan fingerprint density at radius 3 is 2.41 bits per heavy atom. The monoisotopic (exact) mass is 485 g/mol. The van der Waals surface area contributed by atoms with E-state index in [-0.39, 0.29) is 24.3 Å². The van der Waals surface area contributed by atoms with E-state index in [1.165, 1.54) is 4.90 Å². The lowest BCUT2D eigenvalue weighted by Gasteiger charge is -2.17. The number of aryl methyl sites for hydroxylation is 1. The van der Waals surface area contributed by atoms with E-state index >= 15 is 0 Å². The number of hydrogen-bond acceptors (Lipinski definition) is 7. The number of nitrogens with zero attached hydrogens (tertiary/aromatic N) is 1. The van der Waals surface area contributed by atoms with Crippen molar-refractivity contribution in [2.24, 2.45) is 0 Å². The van der Waals surface area contributed by atoms with E-state index in [1.807, 2.05) is 19.1 Å². The fraction of sp³-hybridized carbons (Fsp3) is 0.385. The number of methoxy groups -OCH3 is 2. The van der Waals surface area contributed by atoms with Gasteiger partial charge >= 0.3 is 0 Å². The van der Waals surface area contributed by atoms with Crippen LogP contribution in [-0.4, -0.2) is 56.6 Å². The van der Waals surface area contributed by atoms with Crippen LogP contribution in [0.15, 0.2) is 41.3 Å². The topological polar surface area (TPSA) is 74.3 Å². The molecule has 1 fully saturated rings. The molecule has 0 atom stereocenters. The molecule has 0 saturated carbocycles. The average Bonchev–Trinajstić information content (AvgIpc) is 3.07. The van der Waals surface area contributed by atoms with Crippen LogP contribution in [-0.2, 0) is 9.53 Å². The van der Waals surface area contributed by atoms with E-state index in [9.17, 15) is 9.59 Å². The number of thioether (sulfide) groups is 1. The molecule has 1 aliphatic rings. The minimum Gasteiger partial charge on any atom is -0.493 e. The summed E-state index contributed by atoms with van der Waals surface area (Å²) in [5.41, 5.74) is 2.93. The van der Waals surface area contributed by atoms with Crippen LogP contribution >= 0.6 is 11.8 Å².